The van der Waals surface area contributed by atoms with Gasteiger partial charge in [-0.2, -0.15) is 18.3 Å². The Morgan fingerprint density at radius 1 is 1.03 bits per heavy atom. The molecule has 1 fully saturated rings. The Morgan fingerprint density at radius 3 is 2.07 bits per heavy atom. The second kappa shape index (κ2) is 7.73. The van der Waals surface area contributed by atoms with Crippen molar-refractivity contribution in [1.29, 1.82) is 0 Å². The second-order valence-corrected chi connectivity index (χ2v) is 7.21. The number of hydrogen-bond donors (Lipinski definition) is 1. The zero-order valence-corrected chi connectivity index (χ0v) is 15.6. The summed E-state index contributed by atoms with van der Waals surface area (Å²) in [5, 5.41) is 6.62. The van der Waals surface area contributed by atoms with Crippen LogP contribution >= 0.6 is 0 Å². The van der Waals surface area contributed by atoms with Crippen LogP contribution in [-0.4, -0.2) is 15.7 Å². The number of halogens is 3. The Hall–Kier alpha value is -3.09. The Balaban J connectivity index is 1.57. The van der Waals surface area contributed by atoms with Crippen molar-refractivity contribution in [3.63, 3.8) is 0 Å². The van der Waals surface area contributed by atoms with Gasteiger partial charge >= 0.3 is 6.18 Å². The van der Waals surface area contributed by atoms with Crippen LogP contribution in [0.15, 0.2) is 66.7 Å². The molecule has 1 heterocycles. The van der Waals surface area contributed by atoms with E-state index in [0.29, 0.717) is 5.69 Å². The highest BCUT2D eigenvalue weighted by Crippen LogP contribution is 2.42. The molecule has 0 radical (unpaired) electrons. The van der Waals surface area contributed by atoms with E-state index in [-0.39, 0.29) is 18.4 Å². The van der Waals surface area contributed by atoms with Gasteiger partial charge in [-0.15, -0.1) is 0 Å². The van der Waals surface area contributed by atoms with Crippen LogP contribution in [0.2, 0.25) is 0 Å². The quantitative estimate of drug-likeness (QED) is 0.654. The first-order valence-corrected chi connectivity index (χ1v) is 9.46. The summed E-state index contributed by atoms with van der Waals surface area (Å²) in [6.45, 7) is -0.252. The van der Waals surface area contributed by atoms with Crippen molar-refractivity contribution in [2.75, 3.05) is 0 Å². The van der Waals surface area contributed by atoms with Gasteiger partial charge in [0.15, 0.2) is 5.69 Å². The van der Waals surface area contributed by atoms with Crippen LogP contribution in [0.25, 0.3) is 0 Å². The summed E-state index contributed by atoms with van der Waals surface area (Å²) in [4.78, 5) is 12.8. The molecule has 1 saturated carbocycles. The van der Waals surface area contributed by atoms with Crippen LogP contribution in [0.5, 0.6) is 0 Å². The fraction of sp³-hybridized carbons (Fsp3) is 0.273. The molecule has 7 heteroatoms. The highest BCUT2D eigenvalue weighted by molar-refractivity contribution is 5.77. The number of hydrogen-bond acceptors (Lipinski definition) is 2. The van der Waals surface area contributed by atoms with E-state index in [1.165, 1.54) is 4.68 Å². The minimum absolute atomic E-state index is 0.0467. The van der Waals surface area contributed by atoms with Crippen molar-refractivity contribution < 1.29 is 18.0 Å². The highest BCUT2D eigenvalue weighted by Gasteiger charge is 2.38. The fourth-order valence-corrected chi connectivity index (χ4v) is 3.40. The summed E-state index contributed by atoms with van der Waals surface area (Å²) in [6.07, 6.45) is -2.88. The van der Waals surface area contributed by atoms with E-state index < -0.39 is 17.9 Å². The van der Waals surface area contributed by atoms with Crippen LogP contribution < -0.4 is 5.32 Å². The topological polar surface area (TPSA) is 46.9 Å². The third-order valence-corrected chi connectivity index (χ3v) is 4.96. The van der Waals surface area contributed by atoms with Crippen LogP contribution in [0.4, 0.5) is 13.2 Å². The van der Waals surface area contributed by atoms with Gasteiger partial charge in [0.1, 0.15) is 6.54 Å². The molecule has 0 atom stereocenters. The monoisotopic (exact) mass is 399 g/mol. The summed E-state index contributed by atoms with van der Waals surface area (Å²) in [7, 11) is 0. The van der Waals surface area contributed by atoms with Gasteiger partial charge in [-0.25, -0.2) is 0 Å². The van der Waals surface area contributed by atoms with Crippen molar-refractivity contribution in [1.82, 2.24) is 15.1 Å². The third kappa shape index (κ3) is 4.50. The van der Waals surface area contributed by atoms with Gasteiger partial charge in [0, 0.05) is 11.6 Å². The number of carbonyl (C=O) groups excluding carboxylic acids is 1. The Bertz CT molecular complexity index is 940. The minimum atomic E-state index is -4.53. The van der Waals surface area contributed by atoms with Crippen molar-refractivity contribution in [2.24, 2.45) is 0 Å². The largest absolute Gasteiger partial charge is 0.435 e. The SMILES string of the molecule is O=C(Cn1nc(C(F)(F)F)cc1C1CC1)NC(c1ccccc1)c1ccccc1. The molecule has 1 aliphatic carbocycles. The number of amides is 1. The average Bonchev–Trinajstić information content (AvgIpc) is 3.46. The number of rotatable bonds is 6. The van der Waals surface area contributed by atoms with Crippen LogP contribution in [0, 0.1) is 0 Å². The molecule has 1 N–H and O–H groups in total. The number of aromatic nitrogens is 2. The summed E-state index contributed by atoms with van der Waals surface area (Å²) >= 11 is 0. The van der Waals surface area contributed by atoms with Crippen molar-refractivity contribution in [3.05, 3.63) is 89.2 Å². The van der Waals surface area contributed by atoms with Crippen molar-refractivity contribution in [2.45, 2.75) is 37.5 Å². The van der Waals surface area contributed by atoms with Gasteiger partial charge in [-0.05, 0) is 30.0 Å². The maximum absolute atomic E-state index is 13.1. The molecule has 0 aliphatic heterocycles. The lowest BCUT2D eigenvalue weighted by atomic mass is 9.99. The molecule has 0 saturated heterocycles. The second-order valence-electron chi connectivity index (χ2n) is 7.21. The van der Waals surface area contributed by atoms with Crippen molar-refractivity contribution in [3.8, 4) is 0 Å². The van der Waals surface area contributed by atoms with Crippen LogP contribution in [-0.2, 0) is 17.5 Å². The molecular formula is C22H20F3N3O. The lowest BCUT2D eigenvalue weighted by Gasteiger charge is -2.20. The van der Waals surface area contributed by atoms with E-state index >= 15 is 0 Å². The zero-order chi connectivity index (χ0) is 20.4. The van der Waals surface area contributed by atoms with Gasteiger partial charge < -0.3 is 5.32 Å². The predicted octanol–water partition coefficient (Wildman–Crippen LogP) is 4.69. The van der Waals surface area contributed by atoms with Crippen molar-refractivity contribution >= 4 is 5.91 Å². The molecule has 29 heavy (non-hydrogen) atoms. The van der Waals surface area contributed by atoms with Crippen LogP contribution in [0.3, 0.4) is 0 Å². The first-order valence-electron chi connectivity index (χ1n) is 9.46. The molecule has 3 aromatic rings. The lowest BCUT2D eigenvalue weighted by molar-refractivity contribution is -0.141. The molecule has 0 bridgehead atoms. The summed E-state index contributed by atoms with van der Waals surface area (Å²) < 4.78 is 40.4. The molecular weight excluding hydrogens is 379 g/mol. The average molecular weight is 399 g/mol. The molecule has 1 aliphatic rings. The molecule has 4 nitrogen and oxygen atoms in total. The number of carbonyl (C=O) groups is 1. The van der Waals surface area contributed by atoms with Gasteiger partial charge in [-0.1, -0.05) is 60.7 Å². The van der Waals surface area contributed by atoms with E-state index in [1.807, 2.05) is 60.7 Å². The Morgan fingerprint density at radius 2 is 1.59 bits per heavy atom. The summed E-state index contributed by atoms with van der Waals surface area (Å²) in [6, 6.07) is 19.6. The van der Waals surface area contributed by atoms with Gasteiger partial charge in [0.2, 0.25) is 5.91 Å². The maximum atomic E-state index is 13.1. The molecule has 1 amide bonds. The van der Waals surface area contributed by atoms with Crippen LogP contribution in [0.1, 0.15) is 47.3 Å². The molecule has 1 aromatic heterocycles. The number of nitrogens with zero attached hydrogens (tertiary/aromatic N) is 2. The smallest absolute Gasteiger partial charge is 0.344 e. The van der Waals surface area contributed by atoms with Gasteiger partial charge in [0.05, 0.1) is 6.04 Å². The maximum Gasteiger partial charge on any atom is 0.435 e. The first kappa shape index (κ1) is 19.2. The van der Waals surface area contributed by atoms with E-state index in [0.717, 1.165) is 30.0 Å². The molecule has 2 aromatic carbocycles. The van der Waals surface area contributed by atoms with E-state index in [4.69, 9.17) is 0 Å². The third-order valence-electron chi connectivity index (χ3n) is 4.96. The van der Waals surface area contributed by atoms with E-state index in [1.54, 1.807) is 0 Å². The minimum Gasteiger partial charge on any atom is -0.344 e. The lowest BCUT2D eigenvalue weighted by Crippen LogP contribution is -2.33. The predicted molar refractivity (Wildman–Crippen MR) is 102 cm³/mol. The Kier molecular flexibility index (Phi) is 5.13. The number of alkyl halides is 3. The molecule has 4 rings (SSSR count). The molecule has 0 unspecified atom stereocenters. The van der Waals surface area contributed by atoms with E-state index in [2.05, 4.69) is 10.4 Å². The number of benzene rings is 2. The zero-order valence-electron chi connectivity index (χ0n) is 15.6. The Labute approximate surface area is 166 Å². The fourth-order valence-electron chi connectivity index (χ4n) is 3.40. The normalized spacial score (nSPS) is 14.2. The highest BCUT2D eigenvalue weighted by atomic mass is 19.4. The standard InChI is InChI=1S/C22H20F3N3O/c23-22(24,25)19-13-18(15-11-12-15)28(27-19)14-20(29)26-21(16-7-3-1-4-8-16)17-9-5-2-6-10-17/h1-10,13,15,21H,11-12,14H2,(H,26,29). The first-order chi connectivity index (χ1) is 13.9. The summed E-state index contributed by atoms with van der Waals surface area (Å²) in [5.41, 5.74) is 1.31. The number of nitrogens with one attached hydrogen (secondary N) is 1. The molecule has 0 spiro atoms. The van der Waals surface area contributed by atoms with Gasteiger partial charge in [-0.3, -0.25) is 9.48 Å². The summed E-state index contributed by atoms with van der Waals surface area (Å²) in [5.74, 6) is -0.341. The van der Waals surface area contributed by atoms with Gasteiger partial charge in [0.25, 0.3) is 0 Å². The molecule has 150 valence electrons. The van der Waals surface area contributed by atoms with E-state index in [9.17, 15) is 18.0 Å².